The second-order valence-electron chi connectivity index (χ2n) is 8.21. The molecule has 2 fully saturated rings. The number of hydrogen-bond acceptors (Lipinski definition) is 6. The average Bonchev–Trinajstić information content (AvgIpc) is 2.91. The van der Waals surface area contributed by atoms with Crippen LogP contribution in [0.15, 0.2) is 24.3 Å². The molecule has 1 N–H and O–H groups in total. The van der Waals surface area contributed by atoms with Gasteiger partial charge >= 0.3 is 0 Å². The zero-order valence-corrected chi connectivity index (χ0v) is 17.2. The third-order valence-corrected chi connectivity index (χ3v) is 6.16. The van der Waals surface area contributed by atoms with Crippen molar-refractivity contribution in [3.63, 3.8) is 0 Å². The van der Waals surface area contributed by atoms with E-state index in [1.165, 1.54) is 0 Å². The lowest BCUT2D eigenvalue weighted by molar-refractivity contribution is -0.140. The van der Waals surface area contributed by atoms with Gasteiger partial charge in [0.2, 0.25) is 11.8 Å². The number of carbonyl (C=O) groups excluding carboxylic acids is 3. The number of benzene rings is 1. The van der Waals surface area contributed by atoms with Gasteiger partial charge in [0, 0.05) is 25.9 Å². The maximum Gasteiger partial charge on any atom is 0.242 e. The van der Waals surface area contributed by atoms with E-state index in [0.717, 1.165) is 0 Å². The van der Waals surface area contributed by atoms with E-state index in [-0.39, 0.29) is 36.5 Å². The Morgan fingerprint density at radius 1 is 1.27 bits per heavy atom. The van der Waals surface area contributed by atoms with Crippen LogP contribution in [0.1, 0.15) is 43.0 Å². The Morgan fingerprint density at radius 3 is 2.90 bits per heavy atom. The molecule has 0 aliphatic carbocycles. The first-order chi connectivity index (χ1) is 14.5. The molecule has 2 saturated heterocycles. The van der Waals surface area contributed by atoms with Crippen LogP contribution in [0.5, 0.6) is 5.75 Å². The predicted molar refractivity (Wildman–Crippen MR) is 107 cm³/mol. The van der Waals surface area contributed by atoms with Gasteiger partial charge in [-0.2, -0.15) is 0 Å². The lowest BCUT2D eigenvalue weighted by Crippen LogP contribution is -2.50. The number of fused-ring (bicyclic) bond motifs is 1. The summed E-state index contributed by atoms with van der Waals surface area (Å²) in [4.78, 5) is 39.7. The number of likely N-dealkylation sites (tertiary alicyclic amines) is 1. The molecular weight excluding hydrogens is 388 g/mol. The second kappa shape index (κ2) is 8.73. The third-order valence-electron chi connectivity index (χ3n) is 6.16. The van der Waals surface area contributed by atoms with Crippen molar-refractivity contribution in [2.45, 2.75) is 50.4 Å². The molecule has 1 spiro atoms. The van der Waals surface area contributed by atoms with E-state index >= 15 is 0 Å². The van der Waals surface area contributed by atoms with Gasteiger partial charge in [-0.15, -0.1) is 0 Å². The number of para-hydroxylation sites is 1. The van der Waals surface area contributed by atoms with Crippen molar-refractivity contribution in [1.82, 2.24) is 10.2 Å². The summed E-state index contributed by atoms with van der Waals surface area (Å²) in [7, 11) is 0. The molecule has 0 saturated carbocycles. The van der Waals surface area contributed by atoms with Crippen molar-refractivity contribution < 1.29 is 28.6 Å². The fourth-order valence-electron chi connectivity index (χ4n) is 4.34. The zero-order valence-electron chi connectivity index (χ0n) is 17.2. The Morgan fingerprint density at radius 2 is 2.10 bits per heavy atom. The number of ether oxygens (including phenoxy) is 3. The highest BCUT2D eigenvalue weighted by Gasteiger charge is 2.44. The van der Waals surface area contributed by atoms with Crippen molar-refractivity contribution >= 4 is 17.6 Å². The number of carbonyl (C=O) groups is 3. The lowest BCUT2D eigenvalue weighted by atomic mass is 9.84. The minimum atomic E-state index is -0.695. The largest absolute Gasteiger partial charge is 0.486 e. The first-order valence-electron chi connectivity index (χ1n) is 10.6. The number of rotatable bonds is 4. The molecule has 1 aromatic carbocycles. The Bertz CT molecular complexity index is 822. The van der Waals surface area contributed by atoms with Crippen molar-refractivity contribution in [2.75, 3.05) is 32.9 Å². The first kappa shape index (κ1) is 20.8. The SMILES string of the molecule is C[C@H](C(=O)NC[C@@H]1COCCO1)N1CC[C@]2(CCC1=O)CC(=O)c1ccccc1O2. The van der Waals surface area contributed by atoms with Gasteiger partial charge in [0.15, 0.2) is 5.78 Å². The topological polar surface area (TPSA) is 94.2 Å². The molecule has 3 aliphatic rings. The van der Waals surface area contributed by atoms with E-state index in [9.17, 15) is 14.4 Å². The van der Waals surface area contributed by atoms with Gasteiger partial charge in [0.05, 0.1) is 37.9 Å². The lowest BCUT2D eigenvalue weighted by Gasteiger charge is -2.37. The average molecular weight is 416 g/mol. The van der Waals surface area contributed by atoms with Gasteiger partial charge in [-0.25, -0.2) is 0 Å². The van der Waals surface area contributed by atoms with Crippen molar-refractivity contribution in [1.29, 1.82) is 0 Å². The predicted octanol–water partition coefficient (Wildman–Crippen LogP) is 1.32. The molecular formula is C22H28N2O6. The van der Waals surface area contributed by atoms with Crippen molar-refractivity contribution in [3.05, 3.63) is 29.8 Å². The maximum atomic E-state index is 12.8. The van der Waals surface area contributed by atoms with E-state index in [2.05, 4.69) is 5.32 Å². The summed E-state index contributed by atoms with van der Waals surface area (Å²) in [6.07, 6.45) is 1.30. The molecule has 8 nitrogen and oxygen atoms in total. The summed E-state index contributed by atoms with van der Waals surface area (Å²) < 4.78 is 17.1. The van der Waals surface area contributed by atoms with E-state index in [1.54, 1.807) is 24.0 Å². The molecule has 8 heteroatoms. The molecule has 0 unspecified atom stereocenters. The Labute approximate surface area is 175 Å². The second-order valence-corrected chi connectivity index (χ2v) is 8.21. The van der Waals surface area contributed by atoms with Gasteiger partial charge in [-0.1, -0.05) is 12.1 Å². The van der Waals surface area contributed by atoms with E-state index in [4.69, 9.17) is 14.2 Å². The van der Waals surface area contributed by atoms with Crippen LogP contribution >= 0.6 is 0 Å². The van der Waals surface area contributed by atoms with E-state index < -0.39 is 11.6 Å². The van der Waals surface area contributed by atoms with Crippen LogP contribution in [-0.2, 0) is 19.1 Å². The summed E-state index contributed by atoms with van der Waals surface area (Å²) in [5, 5.41) is 2.86. The fraction of sp³-hybridized carbons (Fsp3) is 0.591. The molecule has 162 valence electrons. The van der Waals surface area contributed by atoms with Gasteiger partial charge in [0.1, 0.15) is 17.4 Å². The van der Waals surface area contributed by atoms with Gasteiger partial charge in [-0.3, -0.25) is 14.4 Å². The Hall–Kier alpha value is -2.45. The van der Waals surface area contributed by atoms with Crippen LogP contribution in [0.2, 0.25) is 0 Å². The van der Waals surface area contributed by atoms with Crippen molar-refractivity contribution in [2.24, 2.45) is 0 Å². The molecule has 0 bridgehead atoms. The third kappa shape index (κ3) is 4.34. The maximum absolute atomic E-state index is 12.8. The summed E-state index contributed by atoms with van der Waals surface area (Å²) >= 11 is 0. The van der Waals surface area contributed by atoms with Crippen LogP contribution in [0.4, 0.5) is 0 Å². The summed E-state index contributed by atoms with van der Waals surface area (Å²) in [5.41, 5.74) is -0.100. The van der Waals surface area contributed by atoms with E-state index in [1.807, 2.05) is 12.1 Å². The van der Waals surface area contributed by atoms with Gasteiger partial charge in [0.25, 0.3) is 0 Å². The number of hydrogen-bond donors (Lipinski definition) is 1. The highest BCUT2D eigenvalue weighted by Crippen LogP contribution is 2.39. The minimum absolute atomic E-state index is 0.0400. The first-order valence-corrected chi connectivity index (χ1v) is 10.6. The van der Waals surface area contributed by atoms with Crippen LogP contribution in [-0.4, -0.2) is 73.2 Å². The smallest absolute Gasteiger partial charge is 0.242 e. The van der Waals surface area contributed by atoms with Crippen LogP contribution in [0.3, 0.4) is 0 Å². The van der Waals surface area contributed by atoms with Gasteiger partial charge < -0.3 is 24.4 Å². The molecule has 1 aromatic rings. The number of Topliss-reactive ketones (excluding diaryl/α,β-unsaturated/α-hetero) is 1. The molecule has 3 atom stereocenters. The molecule has 0 radical (unpaired) electrons. The highest BCUT2D eigenvalue weighted by atomic mass is 16.6. The summed E-state index contributed by atoms with van der Waals surface area (Å²) in [5.74, 6) is 0.300. The van der Waals surface area contributed by atoms with E-state index in [0.29, 0.717) is 57.1 Å². The minimum Gasteiger partial charge on any atom is -0.486 e. The van der Waals surface area contributed by atoms with Crippen molar-refractivity contribution in [3.8, 4) is 5.75 Å². The standard InChI is InChI=1S/C22H28N2O6/c1-15(21(27)23-13-16-14-28-10-11-29-16)24-9-8-22(7-6-20(24)26)12-18(25)17-4-2-3-5-19(17)30-22/h2-5,15-16H,6-14H2,1H3,(H,23,27)/t15-,16-,22-/m1/s1. The molecule has 30 heavy (non-hydrogen) atoms. The number of amides is 2. The molecule has 2 amide bonds. The fourth-order valence-corrected chi connectivity index (χ4v) is 4.34. The summed E-state index contributed by atoms with van der Waals surface area (Å²) in [6, 6.07) is 6.62. The number of ketones is 1. The Kier molecular flexibility index (Phi) is 6.06. The molecule has 4 rings (SSSR count). The molecule has 3 heterocycles. The summed E-state index contributed by atoms with van der Waals surface area (Å²) in [6.45, 7) is 3.98. The number of nitrogens with zero attached hydrogens (tertiary/aromatic N) is 1. The Balaban J connectivity index is 1.39. The number of nitrogens with one attached hydrogen (secondary N) is 1. The zero-order chi connectivity index (χ0) is 21.1. The quantitative estimate of drug-likeness (QED) is 0.796. The van der Waals surface area contributed by atoms with Crippen LogP contribution < -0.4 is 10.1 Å². The van der Waals surface area contributed by atoms with Crippen LogP contribution in [0, 0.1) is 0 Å². The monoisotopic (exact) mass is 416 g/mol. The van der Waals surface area contributed by atoms with Crippen LogP contribution in [0.25, 0.3) is 0 Å². The molecule has 0 aromatic heterocycles. The molecule has 3 aliphatic heterocycles. The highest BCUT2D eigenvalue weighted by molar-refractivity contribution is 6.00. The van der Waals surface area contributed by atoms with Gasteiger partial charge in [-0.05, 0) is 25.5 Å². The normalized spacial score (nSPS) is 27.8.